The lowest BCUT2D eigenvalue weighted by atomic mass is 9.96. The van der Waals surface area contributed by atoms with Gasteiger partial charge in [-0.3, -0.25) is 0 Å². The molecule has 0 unspecified atom stereocenters. The summed E-state index contributed by atoms with van der Waals surface area (Å²) in [4.78, 5) is 12.3. The molecule has 1 N–H and O–H groups in total. The van der Waals surface area contributed by atoms with E-state index in [0.717, 1.165) is 11.1 Å². The Hall–Kier alpha value is -2.38. The van der Waals surface area contributed by atoms with Crippen molar-refractivity contribution >= 4 is 22.9 Å². The van der Waals surface area contributed by atoms with E-state index in [2.05, 4.69) is 13.0 Å². The number of nitriles is 1. The van der Waals surface area contributed by atoms with Gasteiger partial charge in [-0.15, -0.1) is 11.3 Å². The Bertz CT molecular complexity index is 733. The molecule has 1 heterocycles. The lowest BCUT2D eigenvalue weighted by Gasteiger charge is -2.08. The lowest BCUT2D eigenvalue weighted by Crippen LogP contribution is -2.02. The van der Waals surface area contributed by atoms with E-state index in [1.54, 1.807) is 17.4 Å². The van der Waals surface area contributed by atoms with Gasteiger partial charge in [0, 0.05) is 4.88 Å². The molecule has 1 aromatic carbocycles. The van der Waals surface area contributed by atoms with Crippen molar-refractivity contribution < 1.29 is 9.90 Å². The van der Waals surface area contributed by atoms with Crippen LogP contribution < -0.4 is 0 Å². The van der Waals surface area contributed by atoms with Crippen LogP contribution in [-0.2, 0) is 4.79 Å². The molecule has 4 heteroatoms. The molecular formula is C17H15NO2S. The van der Waals surface area contributed by atoms with Gasteiger partial charge in [0.15, 0.2) is 0 Å². The van der Waals surface area contributed by atoms with Gasteiger partial charge in [0.05, 0.1) is 0 Å². The summed E-state index contributed by atoms with van der Waals surface area (Å²) in [6.45, 7) is 3.92. The number of hydrogen-bond acceptors (Lipinski definition) is 3. The molecule has 0 aliphatic heterocycles. The average molecular weight is 297 g/mol. The fourth-order valence-corrected chi connectivity index (χ4v) is 3.20. The van der Waals surface area contributed by atoms with Crippen molar-refractivity contribution in [2.45, 2.75) is 20.3 Å². The quantitative estimate of drug-likeness (QED) is 0.668. The topological polar surface area (TPSA) is 61.1 Å². The maximum absolute atomic E-state index is 11.1. The minimum absolute atomic E-state index is 0.183. The molecular weight excluding hydrogens is 282 g/mol. The molecule has 0 saturated heterocycles. The summed E-state index contributed by atoms with van der Waals surface area (Å²) in [6.07, 6.45) is 0.507. The molecule has 2 aromatic rings. The molecule has 0 radical (unpaired) electrons. The lowest BCUT2D eigenvalue weighted by molar-refractivity contribution is -0.132. The zero-order valence-electron chi connectivity index (χ0n) is 11.9. The molecule has 21 heavy (non-hydrogen) atoms. The van der Waals surface area contributed by atoms with Gasteiger partial charge in [-0.1, -0.05) is 31.2 Å². The fraction of sp³-hybridized carbons (Fsp3) is 0.176. The molecule has 2 rings (SSSR count). The minimum atomic E-state index is -1.17. The number of thiophene rings is 1. The monoisotopic (exact) mass is 297 g/mol. The van der Waals surface area contributed by atoms with Crippen molar-refractivity contribution in [2.75, 3.05) is 0 Å². The molecule has 1 aromatic heterocycles. The maximum atomic E-state index is 11.1. The predicted octanol–water partition coefficient (Wildman–Crippen LogP) is 4.50. The second-order valence-electron chi connectivity index (χ2n) is 4.63. The second kappa shape index (κ2) is 6.38. The largest absolute Gasteiger partial charge is 0.477 e. The number of carboxylic acids is 1. The molecule has 0 aliphatic rings. The number of nitrogens with zero attached hydrogens (tertiary/aromatic N) is 1. The van der Waals surface area contributed by atoms with E-state index in [1.807, 2.05) is 36.6 Å². The molecule has 0 saturated carbocycles. The zero-order valence-corrected chi connectivity index (χ0v) is 12.7. The number of benzene rings is 1. The molecule has 0 fully saturated rings. The smallest absolute Gasteiger partial charge is 0.346 e. The van der Waals surface area contributed by atoms with Gasteiger partial charge in [-0.25, -0.2) is 4.79 Å². The number of hydrogen-bond donors (Lipinski definition) is 1. The van der Waals surface area contributed by atoms with E-state index in [4.69, 9.17) is 10.4 Å². The third-order valence-electron chi connectivity index (χ3n) is 3.34. The number of aryl methyl sites for hydroxylation is 1. The van der Waals surface area contributed by atoms with Gasteiger partial charge >= 0.3 is 5.97 Å². The van der Waals surface area contributed by atoms with Crippen molar-refractivity contribution in [1.82, 2.24) is 0 Å². The maximum Gasteiger partial charge on any atom is 0.346 e. The molecule has 0 bridgehead atoms. The molecule has 106 valence electrons. The Labute approximate surface area is 127 Å². The first-order valence-electron chi connectivity index (χ1n) is 6.60. The van der Waals surface area contributed by atoms with E-state index < -0.39 is 5.97 Å². The van der Waals surface area contributed by atoms with Crippen LogP contribution in [0.25, 0.3) is 16.0 Å². The Morgan fingerprint density at radius 1 is 1.29 bits per heavy atom. The van der Waals surface area contributed by atoms with Gasteiger partial charge in [-0.2, -0.15) is 5.26 Å². The average Bonchev–Trinajstić information content (AvgIpc) is 2.90. The number of carboxylic acid groups (broad SMARTS) is 1. The first-order valence-corrected chi connectivity index (χ1v) is 7.47. The summed E-state index contributed by atoms with van der Waals surface area (Å²) in [6, 6.07) is 11.6. The van der Waals surface area contributed by atoms with Gasteiger partial charge in [0.2, 0.25) is 0 Å². The fourth-order valence-electron chi connectivity index (χ4n) is 2.26. The first kappa shape index (κ1) is 15.0. The molecule has 0 amide bonds. The number of carbonyl (C=O) groups is 1. The summed E-state index contributed by atoms with van der Waals surface area (Å²) in [7, 11) is 0. The van der Waals surface area contributed by atoms with E-state index >= 15 is 0 Å². The summed E-state index contributed by atoms with van der Waals surface area (Å²) >= 11 is 1.68. The summed E-state index contributed by atoms with van der Waals surface area (Å²) in [5, 5.41) is 20.2. The highest BCUT2D eigenvalue weighted by Gasteiger charge is 2.14. The summed E-state index contributed by atoms with van der Waals surface area (Å²) in [5.74, 6) is -1.17. The second-order valence-corrected chi connectivity index (χ2v) is 5.55. The molecule has 0 atom stereocenters. The minimum Gasteiger partial charge on any atom is -0.477 e. The Kier molecular flexibility index (Phi) is 4.56. The highest BCUT2D eigenvalue weighted by atomic mass is 32.1. The van der Waals surface area contributed by atoms with Gasteiger partial charge in [-0.05, 0) is 47.1 Å². The van der Waals surface area contributed by atoms with E-state index in [-0.39, 0.29) is 5.57 Å². The Morgan fingerprint density at radius 3 is 2.38 bits per heavy atom. The van der Waals surface area contributed by atoms with Crippen LogP contribution in [0.1, 0.15) is 24.5 Å². The molecule has 3 nitrogen and oxygen atoms in total. The predicted molar refractivity (Wildman–Crippen MR) is 85.0 cm³/mol. The zero-order chi connectivity index (χ0) is 15.4. The number of allylic oxidation sites excluding steroid dienone is 1. The normalized spacial score (nSPS) is 11.7. The van der Waals surface area contributed by atoms with Crippen LogP contribution in [0.3, 0.4) is 0 Å². The van der Waals surface area contributed by atoms with Crippen molar-refractivity contribution in [3.8, 4) is 16.5 Å². The van der Waals surface area contributed by atoms with Crippen LogP contribution in [0.4, 0.5) is 0 Å². The van der Waals surface area contributed by atoms with Crippen LogP contribution in [0.15, 0.2) is 41.3 Å². The molecule has 0 spiro atoms. The van der Waals surface area contributed by atoms with Crippen LogP contribution in [0.5, 0.6) is 0 Å². The number of aliphatic carboxylic acids is 1. The van der Waals surface area contributed by atoms with Crippen molar-refractivity contribution in [3.63, 3.8) is 0 Å². The third-order valence-corrected chi connectivity index (χ3v) is 4.40. The highest BCUT2D eigenvalue weighted by molar-refractivity contribution is 7.13. The van der Waals surface area contributed by atoms with E-state index in [9.17, 15) is 4.79 Å². The first-order chi connectivity index (χ1) is 10.1. The standard InChI is InChI=1S/C17H15NO2S/c1-3-14(15(10-18)17(19)20)12-4-6-13(7-5-12)16-11(2)8-9-21-16/h4-9H,3H2,1-2H3,(H,19,20). The number of rotatable bonds is 4. The van der Waals surface area contributed by atoms with E-state index in [1.165, 1.54) is 10.4 Å². The summed E-state index contributed by atoms with van der Waals surface area (Å²) < 4.78 is 0. The van der Waals surface area contributed by atoms with Crippen LogP contribution in [0, 0.1) is 18.3 Å². The van der Waals surface area contributed by atoms with Gasteiger partial charge < -0.3 is 5.11 Å². The Balaban J connectivity index is 2.45. The summed E-state index contributed by atoms with van der Waals surface area (Å²) in [5.41, 5.74) is 3.50. The SMILES string of the molecule is CCC(=C(C#N)C(=O)O)c1ccc(-c2sccc2C)cc1. The van der Waals surface area contributed by atoms with Crippen LogP contribution >= 0.6 is 11.3 Å². The van der Waals surface area contributed by atoms with Crippen molar-refractivity contribution in [2.24, 2.45) is 0 Å². The van der Waals surface area contributed by atoms with Gasteiger partial charge in [0.25, 0.3) is 0 Å². The van der Waals surface area contributed by atoms with Crippen molar-refractivity contribution in [3.05, 3.63) is 52.4 Å². The van der Waals surface area contributed by atoms with Gasteiger partial charge in [0.1, 0.15) is 11.6 Å². The van der Waals surface area contributed by atoms with Crippen molar-refractivity contribution in [1.29, 1.82) is 5.26 Å². The van der Waals surface area contributed by atoms with Crippen LogP contribution in [0.2, 0.25) is 0 Å². The highest BCUT2D eigenvalue weighted by Crippen LogP contribution is 2.31. The molecule has 0 aliphatic carbocycles. The van der Waals surface area contributed by atoms with Crippen LogP contribution in [-0.4, -0.2) is 11.1 Å². The van der Waals surface area contributed by atoms with E-state index in [0.29, 0.717) is 12.0 Å². The Morgan fingerprint density at radius 2 is 1.95 bits per heavy atom. The third kappa shape index (κ3) is 3.04.